The minimum atomic E-state index is 0.767. The van der Waals surface area contributed by atoms with Crippen LogP contribution >= 0.6 is 0 Å². The van der Waals surface area contributed by atoms with Crippen LogP contribution < -0.4 is 11.1 Å². The van der Waals surface area contributed by atoms with Crippen molar-refractivity contribution in [3.63, 3.8) is 0 Å². The smallest absolute Gasteiger partial charge is 0.0617 e. The fraction of sp³-hybridized carbons (Fsp3) is 0.263. The third kappa shape index (κ3) is 3.31. The molecule has 0 bridgehead atoms. The number of rotatable bonds is 4. The average molecular weight is 293 g/mol. The van der Waals surface area contributed by atoms with E-state index >= 15 is 0 Å². The first-order chi connectivity index (χ1) is 10.8. The van der Waals surface area contributed by atoms with Gasteiger partial charge in [-0.3, -0.25) is 4.90 Å². The van der Waals surface area contributed by atoms with Gasteiger partial charge in [-0.1, -0.05) is 37.3 Å². The molecule has 0 spiro atoms. The van der Waals surface area contributed by atoms with E-state index in [0.717, 1.165) is 43.1 Å². The van der Waals surface area contributed by atoms with E-state index in [1.807, 2.05) is 24.3 Å². The second kappa shape index (κ2) is 6.67. The minimum Gasteiger partial charge on any atom is -0.397 e. The summed E-state index contributed by atoms with van der Waals surface area (Å²) in [6, 6.07) is 16.4. The summed E-state index contributed by atoms with van der Waals surface area (Å²) in [4.78, 5) is 2.45. The summed E-state index contributed by atoms with van der Waals surface area (Å²) in [7, 11) is 0. The number of para-hydroxylation sites is 2. The lowest BCUT2D eigenvalue weighted by atomic mass is 9.99. The number of hydrogen-bond donors (Lipinski definition) is 2. The van der Waals surface area contributed by atoms with Crippen molar-refractivity contribution in [2.45, 2.75) is 13.3 Å². The van der Waals surface area contributed by atoms with Gasteiger partial charge in [0.05, 0.1) is 11.4 Å². The lowest BCUT2D eigenvalue weighted by Crippen LogP contribution is -2.27. The van der Waals surface area contributed by atoms with E-state index in [1.54, 1.807) is 0 Å². The lowest BCUT2D eigenvalue weighted by molar-refractivity contribution is 0.319. The number of anilines is 3. The summed E-state index contributed by atoms with van der Waals surface area (Å²) in [5.41, 5.74) is 11.5. The number of nitrogens with zero attached hydrogens (tertiary/aromatic N) is 1. The van der Waals surface area contributed by atoms with Crippen LogP contribution in [-0.2, 0) is 0 Å². The fourth-order valence-corrected chi connectivity index (χ4v) is 2.82. The van der Waals surface area contributed by atoms with Crippen molar-refractivity contribution in [1.29, 1.82) is 0 Å². The minimum absolute atomic E-state index is 0.767. The van der Waals surface area contributed by atoms with Gasteiger partial charge >= 0.3 is 0 Å². The van der Waals surface area contributed by atoms with Crippen LogP contribution in [0.15, 0.2) is 54.6 Å². The molecule has 1 heterocycles. The van der Waals surface area contributed by atoms with Gasteiger partial charge in [0.1, 0.15) is 0 Å². The molecule has 0 fully saturated rings. The molecule has 22 heavy (non-hydrogen) atoms. The Balaban J connectivity index is 1.79. The highest BCUT2D eigenvalue weighted by Crippen LogP contribution is 2.27. The van der Waals surface area contributed by atoms with Crippen LogP contribution in [0.5, 0.6) is 0 Å². The molecule has 2 aromatic rings. The predicted octanol–water partition coefficient (Wildman–Crippen LogP) is 4.12. The number of nitrogens with two attached hydrogens (primary N) is 1. The van der Waals surface area contributed by atoms with Crippen molar-refractivity contribution in [2.24, 2.45) is 0 Å². The monoisotopic (exact) mass is 293 g/mol. The molecule has 1 aliphatic heterocycles. The van der Waals surface area contributed by atoms with Gasteiger partial charge in [0, 0.05) is 18.8 Å². The van der Waals surface area contributed by atoms with Crippen molar-refractivity contribution < 1.29 is 0 Å². The van der Waals surface area contributed by atoms with Gasteiger partial charge in [0.15, 0.2) is 0 Å². The van der Waals surface area contributed by atoms with E-state index in [0.29, 0.717) is 0 Å². The van der Waals surface area contributed by atoms with Gasteiger partial charge < -0.3 is 11.1 Å². The van der Waals surface area contributed by atoms with E-state index in [-0.39, 0.29) is 0 Å². The van der Waals surface area contributed by atoms with Gasteiger partial charge in [0.2, 0.25) is 0 Å². The van der Waals surface area contributed by atoms with Crippen LogP contribution in [0.3, 0.4) is 0 Å². The van der Waals surface area contributed by atoms with Gasteiger partial charge in [0.25, 0.3) is 0 Å². The maximum absolute atomic E-state index is 6.00. The standard InChI is InChI=1S/C19H23N3/c1-2-22-12-10-15(11-13-22)16-6-5-7-17(14-16)21-19-9-4-3-8-18(19)20/h3-10,14,21H,2,11-13,20H2,1H3. The summed E-state index contributed by atoms with van der Waals surface area (Å²) >= 11 is 0. The Morgan fingerprint density at radius 3 is 2.73 bits per heavy atom. The lowest BCUT2D eigenvalue weighted by Gasteiger charge is -2.25. The maximum atomic E-state index is 6.00. The number of nitrogens with one attached hydrogen (secondary N) is 1. The number of likely N-dealkylation sites (N-methyl/N-ethyl adjacent to an activating group) is 1. The highest BCUT2D eigenvalue weighted by atomic mass is 15.1. The maximum Gasteiger partial charge on any atom is 0.0617 e. The van der Waals surface area contributed by atoms with Crippen molar-refractivity contribution in [2.75, 3.05) is 30.7 Å². The average Bonchev–Trinajstić information content (AvgIpc) is 2.57. The topological polar surface area (TPSA) is 41.3 Å². The predicted molar refractivity (Wildman–Crippen MR) is 95.3 cm³/mol. The number of hydrogen-bond acceptors (Lipinski definition) is 3. The van der Waals surface area contributed by atoms with Crippen molar-refractivity contribution in [3.05, 3.63) is 60.2 Å². The summed E-state index contributed by atoms with van der Waals surface area (Å²) in [6.45, 7) is 5.53. The van der Waals surface area contributed by atoms with Crippen molar-refractivity contribution >= 4 is 22.6 Å². The van der Waals surface area contributed by atoms with Gasteiger partial charge in [-0.15, -0.1) is 0 Å². The third-order valence-corrected chi connectivity index (χ3v) is 4.21. The zero-order valence-electron chi connectivity index (χ0n) is 13.0. The van der Waals surface area contributed by atoms with E-state index in [4.69, 9.17) is 5.73 Å². The molecule has 3 nitrogen and oxygen atoms in total. The molecule has 114 valence electrons. The molecule has 3 heteroatoms. The Morgan fingerprint density at radius 2 is 2.00 bits per heavy atom. The van der Waals surface area contributed by atoms with Crippen LogP contribution in [0, 0.1) is 0 Å². The summed E-state index contributed by atoms with van der Waals surface area (Å²) in [5, 5.41) is 3.41. The molecule has 0 radical (unpaired) electrons. The summed E-state index contributed by atoms with van der Waals surface area (Å²) in [6.07, 6.45) is 3.47. The van der Waals surface area contributed by atoms with Crippen LogP contribution in [0.2, 0.25) is 0 Å². The molecule has 0 aromatic heterocycles. The molecule has 0 saturated carbocycles. The molecule has 0 amide bonds. The highest BCUT2D eigenvalue weighted by Gasteiger charge is 2.11. The Hall–Kier alpha value is -2.26. The Kier molecular flexibility index (Phi) is 4.45. The molecular formula is C19H23N3. The molecule has 0 saturated heterocycles. The van der Waals surface area contributed by atoms with E-state index in [9.17, 15) is 0 Å². The van der Waals surface area contributed by atoms with Crippen molar-refractivity contribution in [1.82, 2.24) is 4.90 Å². The van der Waals surface area contributed by atoms with Crippen LogP contribution in [0.1, 0.15) is 18.9 Å². The largest absolute Gasteiger partial charge is 0.397 e. The molecule has 3 N–H and O–H groups in total. The molecule has 0 unspecified atom stereocenters. The zero-order chi connectivity index (χ0) is 15.4. The first-order valence-corrected chi connectivity index (χ1v) is 7.89. The molecule has 2 aromatic carbocycles. The second-order valence-corrected chi connectivity index (χ2v) is 5.67. The van der Waals surface area contributed by atoms with Gasteiger partial charge in [-0.2, -0.15) is 0 Å². The zero-order valence-corrected chi connectivity index (χ0v) is 13.0. The van der Waals surface area contributed by atoms with Crippen LogP contribution in [-0.4, -0.2) is 24.5 Å². The SMILES string of the molecule is CCN1CC=C(c2cccc(Nc3ccccc3N)c2)CC1. The first-order valence-electron chi connectivity index (χ1n) is 7.89. The van der Waals surface area contributed by atoms with E-state index < -0.39 is 0 Å². The Bertz CT molecular complexity index is 676. The van der Waals surface area contributed by atoms with Crippen LogP contribution in [0.25, 0.3) is 5.57 Å². The molecule has 0 atom stereocenters. The Labute approximate surface area is 132 Å². The van der Waals surface area contributed by atoms with Gasteiger partial charge in [-0.05, 0) is 48.4 Å². The molecular weight excluding hydrogens is 270 g/mol. The fourth-order valence-electron chi connectivity index (χ4n) is 2.82. The van der Waals surface area contributed by atoms with Crippen molar-refractivity contribution in [3.8, 4) is 0 Å². The normalized spacial score (nSPS) is 15.4. The quantitative estimate of drug-likeness (QED) is 0.833. The summed E-state index contributed by atoms with van der Waals surface area (Å²) in [5.74, 6) is 0. The van der Waals surface area contributed by atoms with Crippen LogP contribution in [0.4, 0.5) is 17.1 Å². The molecule has 0 aliphatic carbocycles. The van der Waals surface area contributed by atoms with Gasteiger partial charge in [-0.25, -0.2) is 0 Å². The number of nitrogen functional groups attached to an aromatic ring is 1. The highest BCUT2D eigenvalue weighted by molar-refractivity contribution is 5.75. The molecule has 3 rings (SSSR count). The van der Waals surface area contributed by atoms with E-state index in [2.05, 4.69) is 47.5 Å². The molecule has 1 aliphatic rings. The van der Waals surface area contributed by atoms with E-state index in [1.165, 1.54) is 11.1 Å². The second-order valence-electron chi connectivity index (χ2n) is 5.67. The summed E-state index contributed by atoms with van der Waals surface area (Å²) < 4.78 is 0. The first kappa shape index (κ1) is 14.7. The number of benzene rings is 2. The Morgan fingerprint density at radius 1 is 1.14 bits per heavy atom. The third-order valence-electron chi connectivity index (χ3n) is 4.21.